The van der Waals surface area contributed by atoms with Crippen LogP contribution in [-0.2, 0) is 30.2 Å². The first-order chi connectivity index (χ1) is 17.3. The smallest absolute Gasteiger partial charge is 0.317 e. The van der Waals surface area contributed by atoms with Crippen LogP contribution in [0.5, 0.6) is 5.75 Å². The van der Waals surface area contributed by atoms with E-state index in [1.54, 1.807) is 4.90 Å². The van der Waals surface area contributed by atoms with E-state index in [9.17, 15) is 14.7 Å². The second-order valence-corrected chi connectivity index (χ2v) is 9.25. The van der Waals surface area contributed by atoms with Crippen molar-refractivity contribution in [1.29, 1.82) is 0 Å². The number of rotatable bonds is 13. The van der Waals surface area contributed by atoms with Crippen LogP contribution in [0.1, 0.15) is 25.8 Å². The Morgan fingerprint density at radius 3 is 2.61 bits per heavy atom. The summed E-state index contributed by atoms with van der Waals surface area (Å²) in [6.07, 6.45) is 0.603. The van der Waals surface area contributed by atoms with E-state index in [-0.39, 0.29) is 50.4 Å². The van der Waals surface area contributed by atoms with Gasteiger partial charge in [-0.15, -0.1) is 0 Å². The van der Waals surface area contributed by atoms with Crippen molar-refractivity contribution in [3.05, 3.63) is 29.8 Å². The van der Waals surface area contributed by atoms with Crippen LogP contribution in [0.4, 0.5) is 4.79 Å². The van der Waals surface area contributed by atoms with Gasteiger partial charge in [-0.2, -0.15) is 0 Å². The number of esters is 1. The topological polar surface area (TPSA) is 128 Å². The fourth-order valence-corrected chi connectivity index (χ4v) is 3.80. The Balaban J connectivity index is 1.27. The Morgan fingerprint density at radius 2 is 1.94 bits per heavy atom. The number of ether oxygens (including phenoxy) is 5. The summed E-state index contributed by atoms with van der Waals surface area (Å²) in [6, 6.07) is 7.11. The maximum atomic E-state index is 12.1. The van der Waals surface area contributed by atoms with Gasteiger partial charge in [0.25, 0.3) is 0 Å². The summed E-state index contributed by atoms with van der Waals surface area (Å²) in [5.74, 6) is -0.237. The molecule has 0 spiro atoms. The van der Waals surface area contributed by atoms with Crippen LogP contribution in [0.15, 0.2) is 24.3 Å². The van der Waals surface area contributed by atoms with Crippen molar-refractivity contribution in [3.63, 3.8) is 0 Å². The molecule has 3 rings (SSSR count). The summed E-state index contributed by atoms with van der Waals surface area (Å²) < 4.78 is 27.4. The number of carbonyl (C=O) groups excluding carboxylic acids is 2. The first-order valence-corrected chi connectivity index (χ1v) is 12.5. The molecule has 2 atom stereocenters. The largest absolute Gasteiger partial charge is 0.492 e. The van der Waals surface area contributed by atoms with Crippen molar-refractivity contribution in [1.82, 2.24) is 15.5 Å². The summed E-state index contributed by atoms with van der Waals surface area (Å²) in [7, 11) is 0. The van der Waals surface area contributed by atoms with Crippen molar-refractivity contribution in [2.45, 2.75) is 44.6 Å². The second kappa shape index (κ2) is 14.3. The number of urea groups is 1. The molecule has 0 aliphatic carbocycles. The molecule has 3 N–H and O–H groups in total. The molecule has 36 heavy (non-hydrogen) atoms. The quantitative estimate of drug-likeness (QED) is 0.260. The van der Waals surface area contributed by atoms with Crippen molar-refractivity contribution >= 4 is 12.0 Å². The van der Waals surface area contributed by atoms with E-state index in [1.807, 2.05) is 38.1 Å². The zero-order chi connectivity index (χ0) is 25.8. The minimum absolute atomic E-state index is 0.0902. The Kier molecular flexibility index (Phi) is 11.2. The van der Waals surface area contributed by atoms with Crippen LogP contribution < -0.4 is 15.4 Å². The third-order valence-corrected chi connectivity index (χ3v) is 5.84. The Bertz CT molecular complexity index is 814. The summed E-state index contributed by atoms with van der Waals surface area (Å²) in [6.45, 7) is 7.74. The molecule has 2 amide bonds. The van der Waals surface area contributed by atoms with Gasteiger partial charge < -0.3 is 44.3 Å². The molecule has 11 nitrogen and oxygen atoms in total. The van der Waals surface area contributed by atoms with E-state index in [4.69, 9.17) is 23.7 Å². The number of nitrogens with one attached hydrogen (secondary N) is 2. The van der Waals surface area contributed by atoms with Gasteiger partial charge in [-0.25, -0.2) is 4.79 Å². The van der Waals surface area contributed by atoms with Crippen molar-refractivity contribution in [3.8, 4) is 5.75 Å². The van der Waals surface area contributed by atoms with Crippen molar-refractivity contribution < 1.29 is 38.4 Å². The number of carbonyl (C=O) groups is 2. The third-order valence-electron chi connectivity index (χ3n) is 5.84. The fourth-order valence-electron chi connectivity index (χ4n) is 3.80. The van der Waals surface area contributed by atoms with Crippen LogP contribution in [0.2, 0.25) is 0 Å². The lowest BCUT2D eigenvalue weighted by atomic mass is 10.1. The van der Waals surface area contributed by atoms with Gasteiger partial charge in [-0.1, -0.05) is 12.1 Å². The number of aliphatic hydroxyl groups is 1. The van der Waals surface area contributed by atoms with E-state index in [0.29, 0.717) is 58.2 Å². The maximum Gasteiger partial charge on any atom is 0.317 e. The van der Waals surface area contributed by atoms with E-state index < -0.39 is 5.79 Å². The summed E-state index contributed by atoms with van der Waals surface area (Å²) in [4.78, 5) is 25.8. The maximum absolute atomic E-state index is 12.1. The van der Waals surface area contributed by atoms with Crippen molar-refractivity contribution in [2.75, 3.05) is 65.8 Å². The zero-order valence-corrected chi connectivity index (χ0v) is 21.2. The first-order valence-electron chi connectivity index (χ1n) is 12.5. The number of morpholine rings is 1. The molecular formula is C25H39N3O8. The monoisotopic (exact) mass is 509 g/mol. The summed E-state index contributed by atoms with van der Waals surface area (Å²) in [5, 5.41) is 15.6. The molecule has 2 aliphatic heterocycles. The molecule has 11 heteroatoms. The average molecular weight is 510 g/mol. The highest BCUT2D eigenvalue weighted by molar-refractivity contribution is 5.74. The molecule has 1 aromatic rings. The number of hydrogen-bond acceptors (Lipinski definition) is 9. The van der Waals surface area contributed by atoms with Crippen LogP contribution >= 0.6 is 0 Å². The highest BCUT2D eigenvalue weighted by atomic mass is 16.7. The number of hydrogen-bond donors (Lipinski definition) is 3. The Labute approximate surface area is 212 Å². The lowest BCUT2D eigenvalue weighted by Gasteiger charge is -2.27. The molecule has 0 radical (unpaired) electrons. The molecule has 0 aromatic heterocycles. The van der Waals surface area contributed by atoms with Gasteiger partial charge in [-0.05, 0) is 38.0 Å². The van der Waals surface area contributed by atoms with Crippen LogP contribution in [0.25, 0.3) is 0 Å². The fraction of sp³-hybridized carbons (Fsp3) is 0.680. The van der Waals surface area contributed by atoms with Crippen LogP contribution in [0.3, 0.4) is 0 Å². The van der Waals surface area contributed by atoms with Crippen LogP contribution in [-0.4, -0.2) is 106 Å². The predicted molar refractivity (Wildman–Crippen MR) is 131 cm³/mol. The molecular weight excluding hydrogens is 470 g/mol. The normalized spacial score (nSPS) is 20.1. The van der Waals surface area contributed by atoms with Gasteiger partial charge in [-0.3, -0.25) is 4.79 Å². The predicted octanol–water partition coefficient (Wildman–Crippen LogP) is 0.685. The van der Waals surface area contributed by atoms with E-state index >= 15 is 0 Å². The van der Waals surface area contributed by atoms with Gasteiger partial charge in [0.1, 0.15) is 25.1 Å². The molecule has 2 fully saturated rings. The van der Waals surface area contributed by atoms with E-state index in [0.717, 1.165) is 5.56 Å². The molecule has 1 aromatic carbocycles. The molecule has 0 saturated carbocycles. The summed E-state index contributed by atoms with van der Waals surface area (Å²) >= 11 is 0. The number of nitrogens with zero attached hydrogens (tertiary/aromatic N) is 1. The second-order valence-electron chi connectivity index (χ2n) is 9.25. The third kappa shape index (κ3) is 9.90. The van der Waals surface area contributed by atoms with Crippen molar-refractivity contribution in [2.24, 2.45) is 0 Å². The minimum Gasteiger partial charge on any atom is -0.492 e. The Morgan fingerprint density at radius 1 is 1.19 bits per heavy atom. The van der Waals surface area contributed by atoms with Gasteiger partial charge in [0.2, 0.25) is 0 Å². The van der Waals surface area contributed by atoms with Gasteiger partial charge >= 0.3 is 12.0 Å². The van der Waals surface area contributed by atoms with Crippen LogP contribution in [0, 0.1) is 0 Å². The van der Waals surface area contributed by atoms with Gasteiger partial charge in [0, 0.05) is 32.6 Å². The lowest BCUT2D eigenvalue weighted by molar-refractivity contribution is -0.158. The SMILES string of the molecule is CC1(C)OC[C@@H](COC(=O)CCc2ccc(OC[C@@H](CO)NCCNC(=O)N3CCOCC3)cc2)O1. The lowest BCUT2D eigenvalue weighted by Crippen LogP contribution is -2.48. The standard InChI is InChI=1S/C25H39N3O8/c1-25(2)35-18-22(36-25)17-34-23(30)8-5-19-3-6-21(7-4-19)33-16-20(15-29)26-9-10-27-24(31)28-11-13-32-14-12-28/h3-4,6-7,20,22,26,29H,5,8-18H2,1-2H3,(H,27,31)/t20-,22-/m1/s1. The number of aliphatic hydroxyl groups excluding tert-OH is 1. The number of benzene rings is 1. The van der Waals surface area contributed by atoms with E-state index in [1.165, 1.54) is 0 Å². The number of amides is 2. The molecule has 202 valence electrons. The highest BCUT2D eigenvalue weighted by Crippen LogP contribution is 2.22. The molecule has 0 unspecified atom stereocenters. The van der Waals surface area contributed by atoms with E-state index in [2.05, 4.69) is 10.6 Å². The highest BCUT2D eigenvalue weighted by Gasteiger charge is 2.33. The van der Waals surface area contributed by atoms with Gasteiger partial charge in [0.05, 0.1) is 32.5 Å². The number of aryl methyl sites for hydroxylation is 1. The molecule has 0 bridgehead atoms. The Hall–Kier alpha value is -2.44. The van der Waals surface area contributed by atoms with Gasteiger partial charge in [0.15, 0.2) is 5.79 Å². The average Bonchev–Trinajstić information content (AvgIpc) is 3.25. The zero-order valence-electron chi connectivity index (χ0n) is 21.2. The molecule has 2 heterocycles. The molecule has 2 aliphatic rings. The summed E-state index contributed by atoms with van der Waals surface area (Å²) in [5.41, 5.74) is 0.994. The first kappa shape index (κ1) is 28.1. The molecule has 2 saturated heterocycles. The minimum atomic E-state index is -0.630.